The molecule has 4 aromatic rings. The van der Waals surface area contributed by atoms with Gasteiger partial charge in [-0.05, 0) is 42.3 Å². The molecule has 3 aromatic carbocycles. The Kier molecular flexibility index (Phi) is 6.65. The number of carboxylic acid groups (broad SMARTS) is 1. The number of carboxylic acids is 1. The smallest absolute Gasteiger partial charge is 0.330 e. The predicted octanol–water partition coefficient (Wildman–Crippen LogP) is 4.74. The molecule has 0 spiro atoms. The van der Waals surface area contributed by atoms with Gasteiger partial charge in [-0.25, -0.2) is 4.79 Å². The third kappa shape index (κ3) is 4.94. The molecule has 2 N–H and O–H groups in total. The van der Waals surface area contributed by atoms with Crippen molar-refractivity contribution in [3.05, 3.63) is 99.4 Å². The van der Waals surface area contributed by atoms with E-state index in [4.69, 9.17) is 20.8 Å². The molecule has 8 heteroatoms. The third-order valence-electron chi connectivity index (χ3n) is 5.23. The summed E-state index contributed by atoms with van der Waals surface area (Å²) in [5.41, 5.74) is 1.70. The highest BCUT2D eigenvalue weighted by Gasteiger charge is 2.22. The van der Waals surface area contributed by atoms with Gasteiger partial charge in [-0.1, -0.05) is 54.1 Å². The maximum Gasteiger partial charge on any atom is 0.330 e. The van der Waals surface area contributed by atoms with Crippen LogP contribution in [0.2, 0.25) is 5.02 Å². The maximum atomic E-state index is 13.1. The van der Waals surface area contributed by atoms with Crippen molar-refractivity contribution in [1.82, 2.24) is 5.32 Å². The van der Waals surface area contributed by atoms with Crippen molar-refractivity contribution in [2.24, 2.45) is 0 Å². The first-order valence-corrected chi connectivity index (χ1v) is 10.7. The summed E-state index contributed by atoms with van der Waals surface area (Å²) in [5.74, 6) is -1.05. The van der Waals surface area contributed by atoms with Crippen LogP contribution in [0, 0.1) is 6.92 Å². The Labute approximate surface area is 199 Å². The van der Waals surface area contributed by atoms with Gasteiger partial charge in [0.05, 0.1) is 10.9 Å². The number of hydrogen-bond donors (Lipinski definition) is 2. The summed E-state index contributed by atoms with van der Waals surface area (Å²) in [6, 6.07) is 18.7. The summed E-state index contributed by atoms with van der Waals surface area (Å²) in [6.45, 7) is 1.29. The summed E-state index contributed by atoms with van der Waals surface area (Å²) in [7, 11) is 0. The van der Waals surface area contributed by atoms with Gasteiger partial charge >= 0.3 is 5.97 Å². The van der Waals surface area contributed by atoms with E-state index in [0.717, 1.165) is 0 Å². The van der Waals surface area contributed by atoms with Crippen molar-refractivity contribution in [2.75, 3.05) is 6.61 Å². The predicted molar refractivity (Wildman–Crippen MR) is 128 cm³/mol. The van der Waals surface area contributed by atoms with E-state index >= 15 is 0 Å². The van der Waals surface area contributed by atoms with Crippen LogP contribution in [-0.4, -0.2) is 23.6 Å². The molecule has 172 valence electrons. The molecule has 1 atom stereocenters. The molecule has 0 aliphatic rings. The maximum absolute atomic E-state index is 13.1. The molecule has 0 bridgehead atoms. The van der Waals surface area contributed by atoms with E-state index in [1.165, 1.54) is 6.07 Å². The lowest BCUT2D eigenvalue weighted by molar-refractivity contribution is -0.142. The highest BCUT2D eigenvalue weighted by molar-refractivity contribution is 6.30. The van der Waals surface area contributed by atoms with Gasteiger partial charge in [0.2, 0.25) is 5.43 Å². The monoisotopic (exact) mass is 477 g/mol. The van der Waals surface area contributed by atoms with Gasteiger partial charge in [-0.2, -0.15) is 0 Å². The molecule has 0 aliphatic carbocycles. The van der Waals surface area contributed by atoms with Crippen LogP contribution in [0.5, 0.6) is 5.75 Å². The molecule has 1 amide bonds. The van der Waals surface area contributed by atoms with Gasteiger partial charge in [-0.3, -0.25) is 9.59 Å². The van der Waals surface area contributed by atoms with Gasteiger partial charge in [0, 0.05) is 11.1 Å². The molecule has 0 fully saturated rings. The zero-order valence-corrected chi connectivity index (χ0v) is 18.8. The van der Waals surface area contributed by atoms with Gasteiger partial charge in [0.1, 0.15) is 17.1 Å². The highest BCUT2D eigenvalue weighted by Crippen LogP contribution is 2.27. The highest BCUT2D eigenvalue weighted by atomic mass is 35.5. The van der Waals surface area contributed by atoms with Gasteiger partial charge < -0.3 is 19.6 Å². The average Bonchev–Trinajstić information content (AvgIpc) is 2.82. The molecule has 0 unspecified atom stereocenters. The molecule has 1 aromatic heterocycles. The van der Waals surface area contributed by atoms with Crippen LogP contribution < -0.4 is 15.5 Å². The third-order valence-corrected chi connectivity index (χ3v) is 5.48. The fourth-order valence-corrected chi connectivity index (χ4v) is 3.74. The lowest BCUT2D eigenvalue weighted by Gasteiger charge is -2.15. The second-order valence-corrected chi connectivity index (χ2v) is 8.00. The molecule has 0 saturated carbocycles. The minimum atomic E-state index is -1.19. The van der Waals surface area contributed by atoms with Crippen molar-refractivity contribution >= 4 is 34.4 Å². The number of nitrogens with one attached hydrogen (secondary N) is 1. The first kappa shape index (κ1) is 23.1. The average molecular weight is 478 g/mol. The Morgan fingerprint density at radius 2 is 1.76 bits per heavy atom. The molecule has 4 rings (SSSR count). The Morgan fingerprint density at radius 3 is 2.44 bits per heavy atom. The SMILES string of the molecule is Cc1oc2cc(OCC(=O)N[C@H](C(=O)O)c3ccccc3)ccc2c(=O)c1-c1ccc(Cl)cc1. The van der Waals surface area contributed by atoms with Crippen molar-refractivity contribution in [3.63, 3.8) is 0 Å². The topological polar surface area (TPSA) is 106 Å². The number of aliphatic carboxylic acids is 1. The van der Waals surface area contributed by atoms with Crippen LogP contribution in [0.3, 0.4) is 0 Å². The molecule has 0 aliphatic heterocycles. The molecule has 7 nitrogen and oxygen atoms in total. The first-order valence-electron chi connectivity index (χ1n) is 10.4. The van der Waals surface area contributed by atoms with Crippen LogP contribution in [-0.2, 0) is 9.59 Å². The van der Waals surface area contributed by atoms with Crippen LogP contribution in [0.1, 0.15) is 17.4 Å². The normalized spacial score (nSPS) is 11.7. The molecule has 34 heavy (non-hydrogen) atoms. The largest absolute Gasteiger partial charge is 0.484 e. The lowest BCUT2D eigenvalue weighted by atomic mass is 10.0. The molecular weight excluding hydrogens is 458 g/mol. The number of carbonyl (C=O) groups excluding carboxylic acids is 1. The van der Waals surface area contributed by atoms with Crippen molar-refractivity contribution in [2.45, 2.75) is 13.0 Å². The summed E-state index contributed by atoms with van der Waals surface area (Å²) < 4.78 is 11.4. The Balaban J connectivity index is 1.51. The minimum Gasteiger partial charge on any atom is -0.484 e. The fraction of sp³-hybridized carbons (Fsp3) is 0.115. The summed E-state index contributed by atoms with van der Waals surface area (Å²) >= 11 is 5.94. The number of aryl methyl sites for hydroxylation is 1. The van der Waals surface area contributed by atoms with Crippen LogP contribution in [0.4, 0.5) is 0 Å². The second kappa shape index (κ2) is 9.80. The van der Waals surface area contributed by atoms with Crippen LogP contribution in [0.25, 0.3) is 22.1 Å². The number of benzene rings is 3. The zero-order valence-electron chi connectivity index (χ0n) is 18.1. The van der Waals surface area contributed by atoms with Crippen LogP contribution >= 0.6 is 11.6 Å². The van der Waals surface area contributed by atoms with Gasteiger partial charge in [0.15, 0.2) is 12.6 Å². The van der Waals surface area contributed by atoms with E-state index in [2.05, 4.69) is 5.32 Å². The van der Waals surface area contributed by atoms with E-state index in [0.29, 0.717) is 44.2 Å². The van der Waals surface area contributed by atoms with Gasteiger partial charge in [-0.15, -0.1) is 0 Å². The molecule has 0 radical (unpaired) electrons. The number of ether oxygens (including phenoxy) is 1. The standard InChI is InChI=1S/C26H20ClNO6/c1-15-23(16-7-9-18(27)10-8-16)25(30)20-12-11-19(13-21(20)34-15)33-14-22(29)28-24(26(31)32)17-5-3-2-4-6-17/h2-13,24H,14H2,1H3,(H,28,29)(H,31,32)/t24-/m0/s1. The number of carbonyl (C=O) groups is 2. The molecule has 1 heterocycles. The first-order chi connectivity index (χ1) is 16.3. The van der Waals surface area contributed by atoms with Crippen molar-refractivity contribution in [1.29, 1.82) is 0 Å². The molecular formula is C26H20ClNO6. The van der Waals surface area contributed by atoms with E-state index in [-0.39, 0.29) is 5.43 Å². The van der Waals surface area contributed by atoms with Gasteiger partial charge in [0.25, 0.3) is 5.91 Å². The van der Waals surface area contributed by atoms with Crippen molar-refractivity contribution in [3.8, 4) is 16.9 Å². The summed E-state index contributed by atoms with van der Waals surface area (Å²) in [5, 5.41) is 12.8. The Bertz CT molecular complexity index is 1410. The Hall–Kier alpha value is -4.10. The lowest BCUT2D eigenvalue weighted by Crippen LogP contribution is -2.36. The van der Waals surface area contributed by atoms with E-state index in [1.54, 1.807) is 73.7 Å². The fourth-order valence-electron chi connectivity index (χ4n) is 3.61. The number of amides is 1. The van der Waals surface area contributed by atoms with E-state index in [1.807, 2.05) is 0 Å². The van der Waals surface area contributed by atoms with Crippen LogP contribution in [0.15, 0.2) is 82.0 Å². The van der Waals surface area contributed by atoms with Crippen molar-refractivity contribution < 1.29 is 23.8 Å². The van der Waals surface area contributed by atoms with E-state index in [9.17, 15) is 19.5 Å². The number of halogens is 1. The summed E-state index contributed by atoms with van der Waals surface area (Å²) in [4.78, 5) is 37.0. The quantitative estimate of drug-likeness (QED) is 0.398. The number of fused-ring (bicyclic) bond motifs is 1. The zero-order chi connectivity index (χ0) is 24.2. The minimum absolute atomic E-state index is 0.197. The summed E-state index contributed by atoms with van der Waals surface area (Å²) in [6.07, 6.45) is 0. The second-order valence-electron chi connectivity index (χ2n) is 7.57. The molecule has 0 saturated heterocycles. The number of rotatable bonds is 7. The van der Waals surface area contributed by atoms with E-state index < -0.39 is 24.5 Å². The Morgan fingerprint density at radius 1 is 1.06 bits per heavy atom. The number of hydrogen-bond acceptors (Lipinski definition) is 5.